The van der Waals surface area contributed by atoms with E-state index in [4.69, 9.17) is 5.73 Å². The van der Waals surface area contributed by atoms with Gasteiger partial charge in [0.1, 0.15) is 5.82 Å². The molecule has 0 bridgehead atoms. The standard InChI is InChI=1S/C14H19N3S/c1-11(2)17(10-13-4-3-7-18-13)14-6-5-12(8-15)9-16-14/h3-7,9,11H,8,10,15H2,1-2H3. The van der Waals surface area contributed by atoms with Gasteiger partial charge in [0.25, 0.3) is 0 Å². The van der Waals surface area contributed by atoms with Crippen LogP contribution in [0, 0.1) is 0 Å². The fourth-order valence-electron chi connectivity index (χ4n) is 1.81. The van der Waals surface area contributed by atoms with Crippen LogP contribution >= 0.6 is 11.3 Å². The van der Waals surface area contributed by atoms with Crippen LogP contribution in [0.4, 0.5) is 5.82 Å². The fourth-order valence-corrected chi connectivity index (χ4v) is 2.51. The highest BCUT2D eigenvalue weighted by molar-refractivity contribution is 7.09. The zero-order valence-electron chi connectivity index (χ0n) is 10.8. The molecule has 0 saturated heterocycles. The van der Waals surface area contributed by atoms with Gasteiger partial charge in [-0.2, -0.15) is 0 Å². The van der Waals surface area contributed by atoms with Gasteiger partial charge >= 0.3 is 0 Å². The average Bonchev–Trinajstić information content (AvgIpc) is 2.89. The lowest BCUT2D eigenvalue weighted by atomic mass is 10.2. The van der Waals surface area contributed by atoms with Gasteiger partial charge in [-0.3, -0.25) is 0 Å². The average molecular weight is 261 g/mol. The summed E-state index contributed by atoms with van der Waals surface area (Å²) in [7, 11) is 0. The maximum absolute atomic E-state index is 5.59. The molecule has 96 valence electrons. The van der Waals surface area contributed by atoms with E-state index in [9.17, 15) is 0 Å². The topological polar surface area (TPSA) is 42.1 Å². The van der Waals surface area contributed by atoms with Gasteiger partial charge < -0.3 is 10.6 Å². The summed E-state index contributed by atoms with van der Waals surface area (Å²) in [5.74, 6) is 1.01. The number of rotatable bonds is 5. The molecule has 0 aliphatic carbocycles. The van der Waals surface area contributed by atoms with E-state index in [2.05, 4.69) is 47.3 Å². The second kappa shape index (κ2) is 5.98. The predicted octanol–water partition coefficient (Wildman–Crippen LogP) is 3.02. The molecule has 2 aromatic rings. The maximum Gasteiger partial charge on any atom is 0.129 e. The summed E-state index contributed by atoms with van der Waals surface area (Å²) >= 11 is 1.78. The van der Waals surface area contributed by atoms with Crippen molar-refractivity contribution < 1.29 is 0 Å². The van der Waals surface area contributed by atoms with Crippen molar-refractivity contribution in [2.24, 2.45) is 5.73 Å². The largest absolute Gasteiger partial charge is 0.349 e. The smallest absolute Gasteiger partial charge is 0.129 e. The van der Waals surface area contributed by atoms with Crippen LogP contribution in [0.1, 0.15) is 24.3 Å². The molecule has 0 atom stereocenters. The third kappa shape index (κ3) is 3.09. The molecule has 0 saturated carbocycles. The van der Waals surface area contributed by atoms with Gasteiger partial charge in [0.05, 0.1) is 6.54 Å². The minimum Gasteiger partial charge on any atom is -0.349 e. The molecule has 4 heteroatoms. The fraction of sp³-hybridized carbons (Fsp3) is 0.357. The number of nitrogens with two attached hydrogens (primary N) is 1. The molecule has 2 rings (SSSR count). The quantitative estimate of drug-likeness (QED) is 0.899. The van der Waals surface area contributed by atoms with Crippen LogP contribution in [0.15, 0.2) is 35.8 Å². The van der Waals surface area contributed by atoms with Crippen LogP contribution in [-0.4, -0.2) is 11.0 Å². The monoisotopic (exact) mass is 261 g/mol. The predicted molar refractivity (Wildman–Crippen MR) is 77.8 cm³/mol. The summed E-state index contributed by atoms with van der Waals surface area (Å²) in [5, 5.41) is 2.11. The van der Waals surface area contributed by atoms with E-state index in [0.29, 0.717) is 12.6 Å². The summed E-state index contributed by atoms with van der Waals surface area (Å²) in [6.07, 6.45) is 1.86. The Kier molecular flexibility index (Phi) is 4.33. The maximum atomic E-state index is 5.59. The van der Waals surface area contributed by atoms with Gasteiger partial charge in [0, 0.05) is 23.7 Å². The van der Waals surface area contributed by atoms with E-state index in [0.717, 1.165) is 17.9 Å². The van der Waals surface area contributed by atoms with E-state index < -0.39 is 0 Å². The lowest BCUT2D eigenvalue weighted by Gasteiger charge is -2.27. The molecule has 18 heavy (non-hydrogen) atoms. The number of thiophene rings is 1. The summed E-state index contributed by atoms with van der Waals surface area (Å²) in [5.41, 5.74) is 6.66. The molecule has 0 spiro atoms. The molecule has 2 aromatic heterocycles. The highest BCUT2D eigenvalue weighted by Gasteiger charge is 2.12. The Morgan fingerprint density at radius 3 is 2.67 bits per heavy atom. The lowest BCUT2D eigenvalue weighted by Crippen LogP contribution is -2.30. The van der Waals surface area contributed by atoms with Crippen LogP contribution in [0.2, 0.25) is 0 Å². The Morgan fingerprint density at radius 2 is 2.17 bits per heavy atom. The first-order valence-electron chi connectivity index (χ1n) is 6.14. The molecular formula is C14H19N3S. The van der Waals surface area contributed by atoms with Gasteiger partial charge in [-0.15, -0.1) is 11.3 Å². The van der Waals surface area contributed by atoms with Crippen LogP contribution in [0.5, 0.6) is 0 Å². The number of hydrogen-bond acceptors (Lipinski definition) is 4. The van der Waals surface area contributed by atoms with E-state index in [1.165, 1.54) is 4.88 Å². The first kappa shape index (κ1) is 13.1. The van der Waals surface area contributed by atoms with Crippen molar-refractivity contribution in [3.8, 4) is 0 Å². The molecule has 0 amide bonds. The van der Waals surface area contributed by atoms with Gasteiger partial charge in [-0.25, -0.2) is 4.98 Å². The van der Waals surface area contributed by atoms with Crippen LogP contribution < -0.4 is 10.6 Å². The molecule has 2 N–H and O–H groups in total. The van der Waals surface area contributed by atoms with Crippen molar-refractivity contribution in [3.63, 3.8) is 0 Å². The number of pyridine rings is 1. The third-order valence-electron chi connectivity index (χ3n) is 2.87. The van der Waals surface area contributed by atoms with Crippen molar-refractivity contribution in [2.45, 2.75) is 33.0 Å². The number of hydrogen-bond donors (Lipinski definition) is 1. The molecule has 0 aromatic carbocycles. The summed E-state index contributed by atoms with van der Waals surface area (Å²) in [6, 6.07) is 8.77. The zero-order chi connectivity index (χ0) is 13.0. The Balaban J connectivity index is 2.18. The summed E-state index contributed by atoms with van der Waals surface area (Å²) < 4.78 is 0. The van der Waals surface area contributed by atoms with Crippen molar-refractivity contribution in [1.82, 2.24) is 4.98 Å². The first-order chi connectivity index (χ1) is 8.70. The van der Waals surface area contributed by atoms with Gasteiger partial charge in [-0.05, 0) is 36.9 Å². The van der Waals surface area contributed by atoms with Gasteiger partial charge in [-0.1, -0.05) is 12.1 Å². The molecule has 3 nitrogen and oxygen atoms in total. The summed E-state index contributed by atoms with van der Waals surface area (Å²) in [6.45, 7) is 5.82. The minimum atomic E-state index is 0.420. The zero-order valence-corrected chi connectivity index (χ0v) is 11.7. The van der Waals surface area contributed by atoms with Crippen LogP contribution in [0.25, 0.3) is 0 Å². The number of aromatic nitrogens is 1. The summed E-state index contributed by atoms with van der Waals surface area (Å²) in [4.78, 5) is 8.15. The SMILES string of the molecule is CC(C)N(Cc1cccs1)c1ccc(CN)cn1. The second-order valence-corrected chi connectivity index (χ2v) is 5.56. The van der Waals surface area contributed by atoms with E-state index in [1.54, 1.807) is 11.3 Å². The Labute approximate surface area is 112 Å². The van der Waals surface area contributed by atoms with E-state index >= 15 is 0 Å². The highest BCUT2D eigenvalue weighted by Crippen LogP contribution is 2.20. The third-order valence-corrected chi connectivity index (χ3v) is 3.73. The molecule has 0 unspecified atom stereocenters. The van der Waals surface area contributed by atoms with Crippen LogP contribution in [-0.2, 0) is 13.1 Å². The Morgan fingerprint density at radius 1 is 1.33 bits per heavy atom. The molecule has 2 heterocycles. The van der Waals surface area contributed by atoms with Crippen LogP contribution in [0.3, 0.4) is 0 Å². The molecule has 0 fully saturated rings. The van der Waals surface area contributed by atoms with Gasteiger partial charge in [0.15, 0.2) is 0 Å². The number of nitrogens with zero attached hydrogens (tertiary/aromatic N) is 2. The van der Waals surface area contributed by atoms with Crippen molar-refractivity contribution in [3.05, 3.63) is 46.3 Å². The first-order valence-corrected chi connectivity index (χ1v) is 7.02. The molecular weight excluding hydrogens is 242 g/mol. The Bertz CT molecular complexity index is 462. The Hall–Kier alpha value is -1.39. The van der Waals surface area contributed by atoms with E-state index in [1.807, 2.05) is 12.3 Å². The normalized spacial score (nSPS) is 10.9. The van der Waals surface area contributed by atoms with E-state index in [-0.39, 0.29) is 0 Å². The minimum absolute atomic E-state index is 0.420. The molecule has 0 aliphatic rings. The second-order valence-electron chi connectivity index (χ2n) is 4.53. The van der Waals surface area contributed by atoms with Crippen molar-refractivity contribution in [1.29, 1.82) is 0 Å². The van der Waals surface area contributed by atoms with Gasteiger partial charge in [0.2, 0.25) is 0 Å². The van der Waals surface area contributed by atoms with Crippen molar-refractivity contribution in [2.75, 3.05) is 4.90 Å². The lowest BCUT2D eigenvalue weighted by molar-refractivity contribution is 0.676. The van der Waals surface area contributed by atoms with Crippen molar-refractivity contribution >= 4 is 17.2 Å². The highest BCUT2D eigenvalue weighted by atomic mass is 32.1. The molecule has 0 aliphatic heterocycles. The number of anilines is 1. The molecule has 0 radical (unpaired) electrons.